The molecule has 0 spiro atoms. The molecule has 0 N–H and O–H groups in total. The highest BCUT2D eigenvalue weighted by Gasteiger charge is 2.14. The van der Waals surface area contributed by atoms with Crippen LogP contribution in [-0.4, -0.2) is 47.9 Å². The molecule has 1 heterocycles. The number of hydrogen-bond donors (Lipinski definition) is 0. The van der Waals surface area contributed by atoms with Crippen LogP contribution < -0.4 is 4.74 Å². The van der Waals surface area contributed by atoms with Crippen LogP contribution in [0.2, 0.25) is 0 Å². The summed E-state index contributed by atoms with van der Waals surface area (Å²) in [5, 5.41) is 0.898. The molecule has 3 rings (SSSR count). The number of ether oxygens (including phenoxy) is 1. The summed E-state index contributed by atoms with van der Waals surface area (Å²) in [6.45, 7) is -1.60. The first-order chi connectivity index (χ1) is 13.4. The molecule has 0 aliphatic rings. The Bertz CT molecular complexity index is 898. The van der Waals surface area contributed by atoms with E-state index < -0.39 is 6.61 Å². The molecule has 0 saturated carbocycles. The van der Waals surface area contributed by atoms with Crippen LogP contribution in [0.15, 0.2) is 48.5 Å². The zero-order valence-electron chi connectivity index (χ0n) is 15.6. The van der Waals surface area contributed by atoms with Gasteiger partial charge < -0.3 is 9.64 Å². The van der Waals surface area contributed by atoms with Crippen molar-refractivity contribution in [2.24, 2.45) is 0 Å². The Morgan fingerprint density at radius 1 is 1.11 bits per heavy atom. The van der Waals surface area contributed by atoms with Crippen molar-refractivity contribution in [3.8, 4) is 5.75 Å². The summed E-state index contributed by atoms with van der Waals surface area (Å²) in [5.41, 5.74) is 1.85. The third-order valence-electron chi connectivity index (χ3n) is 4.14. The minimum absolute atomic E-state index is 0.0144. The molecule has 0 fully saturated rings. The predicted octanol–water partition coefficient (Wildman–Crippen LogP) is 3.99. The zero-order valence-corrected chi connectivity index (χ0v) is 16.5. The number of carbonyl (C=O) groups is 1. The van der Waals surface area contributed by atoms with Gasteiger partial charge in [0.25, 0.3) is 0 Å². The quantitative estimate of drug-likeness (QED) is 0.569. The van der Waals surface area contributed by atoms with E-state index in [1.165, 1.54) is 12.1 Å². The molecular formula is C20H21F2N3O2S. The van der Waals surface area contributed by atoms with Gasteiger partial charge in [0.05, 0.1) is 23.3 Å². The number of alkyl halides is 2. The van der Waals surface area contributed by atoms with Crippen molar-refractivity contribution in [3.63, 3.8) is 0 Å². The standard InChI is InChI=1S/C20H21F2N3O2S/c1-24(11-14-7-9-15(10-8-14)27-20(21)22)13-19(26)25(2)12-18-23-16-5-3-4-6-17(16)28-18/h3-10,20H,11-13H2,1-2H3. The summed E-state index contributed by atoms with van der Waals surface area (Å²) in [7, 11) is 3.60. The molecule has 0 unspecified atom stereocenters. The summed E-state index contributed by atoms with van der Waals surface area (Å²) in [4.78, 5) is 20.6. The number of carbonyl (C=O) groups excluding carboxylic acids is 1. The molecule has 0 aliphatic heterocycles. The van der Waals surface area contributed by atoms with Crippen molar-refractivity contribution >= 4 is 27.5 Å². The first-order valence-corrected chi connectivity index (χ1v) is 9.53. The van der Waals surface area contributed by atoms with Crippen LogP contribution >= 0.6 is 11.3 Å². The number of likely N-dealkylation sites (N-methyl/N-ethyl adjacent to an activating group) is 2. The summed E-state index contributed by atoms with van der Waals surface area (Å²) in [5.74, 6) is 0.104. The number of hydrogen-bond acceptors (Lipinski definition) is 5. The average Bonchev–Trinajstić information content (AvgIpc) is 3.05. The van der Waals surface area contributed by atoms with Gasteiger partial charge in [0.2, 0.25) is 5.91 Å². The second-order valence-electron chi connectivity index (χ2n) is 6.52. The van der Waals surface area contributed by atoms with E-state index in [-0.39, 0.29) is 18.2 Å². The average molecular weight is 405 g/mol. The third kappa shape index (κ3) is 5.46. The van der Waals surface area contributed by atoms with Crippen molar-refractivity contribution in [2.45, 2.75) is 19.7 Å². The van der Waals surface area contributed by atoms with Crippen molar-refractivity contribution in [1.82, 2.24) is 14.8 Å². The maximum absolute atomic E-state index is 12.5. The van der Waals surface area contributed by atoms with E-state index in [1.54, 1.807) is 35.4 Å². The Labute approximate surface area is 166 Å². The lowest BCUT2D eigenvalue weighted by Crippen LogP contribution is -2.36. The van der Waals surface area contributed by atoms with Gasteiger partial charge in [-0.05, 0) is 36.9 Å². The molecule has 148 valence electrons. The summed E-state index contributed by atoms with van der Waals surface area (Å²) >= 11 is 1.59. The van der Waals surface area contributed by atoms with E-state index in [0.29, 0.717) is 13.1 Å². The first-order valence-electron chi connectivity index (χ1n) is 8.71. The van der Waals surface area contributed by atoms with Crippen molar-refractivity contribution in [1.29, 1.82) is 0 Å². The van der Waals surface area contributed by atoms with Gasteiger partial charge in [-0.3, -0.25) is 9.69 Å². The Morgan fingerprint density at radius 3 is 2.50 bits per heavy atom. The number of amides is 1. The number of para-hydroxylation sites is 1. The van der Waals surface area contributed by atoms with Crippen molar-refractivity contribution in [3.05, 3.63) is 59.1 Å². The van der Waals surface area contributed by atoms with Crippen LogP contribution in [0.25, 0.3) is 10.2 Å². The van der Waals surface area contributed by atoms with Gasteiger partial charge in [-0.2, -0.15) is 8.78 Å². The first kappa shape index (κ1) is 20.2. The van der Waals surface area contributed by atoms with Crippen LogP contribution in [0.5, 0.6) is 5.75 Å². The Morgan fingerprint density at radius 2 is 1.82 bits per heavy atom. The number of rotatable bonds is 8. The molecule has 0 atom stereocenters. The smallest absolute Gasteiger partial charge is 0.387 e. The largest absolute Gasteiger partial charge is 0.435 e. The molecule has 0 saturated heterocycles. The molecule has 1 aromatic heterocycles. The lowest BCUT2D eigenvalue weighted by atomic mass is 10.2. The fourth-order valence-corrected chi connectivity index (χ4v) is 3.80. The molecule has 0 aliphatic carbocycles. The number of halogens is 2. The lowest BCUT2D eigenvalue weighted by Gasteiger charge is -2.21. The van der Waals surface area contributed by atoms with Crippen LogP contribution in [-0.2, 0) is 17.9 Å². The molecule has 0 bridgehead atoms. The van der Waals surface area contributed by atoms with Gasteiger partial charge in [-0.15, -0.1) is 11.3 Å². The van der Waals surface area contributed by atoms with E-state index >= 15 is 0 Å². The van der Waals surface area contributed by atoms with Gasteiger partial charge in [0, 0.05) is 13.6 Å². The SMILES string of the molecule is CN(CC(=O)N(C)Cc1nc2ccccc2s1)Cc1ccc(OC(F)F)cc1. The summed E-state index contributed by atoms with van der Waals surface area (Å²) in [6, 6.07) is 14.3. The molecule has 2 aromatic carbocycles. The summed E-state index contributed by atoms with van der Waals surface area (Å²) in [6.07, 6.45) is 0. The highest BCUT2D eigenvalue weighted by atomic mass is 32.1. The molecule has 5 nitrogen and oxygen atoms in total. The molecule has 0 radical (unpaired) electrons. The maximum atomic E-state index is 12.5. The van der Waals surface area contributed by atoms with Crippen LogP contribution in [0.1, 0.15) is 10.6 Å². The molecule has 1 amide bonds. The van der Waals surface area contributed by atoms with Gasteiger partial charge in [0.15, 0.2) is 0 Å². The second-order valence-corrected chi connectivity index (χ2v) is 7.64. The van der Waals surface area contributed by atoms with E-state index in [9.17, 15) is 13.6 Å². The van der Waals surface area contributed by atoms with Crippen LogP contribution in [0, 0.1) is 0 Å². The van der Waals surface area contributed by atoms with Crippen LogP contribution in [0.4, 0.5) is 8.78 Å². The number of aromatic nitrogens is 1. The summed E-state index contributed by atoms with van der Waals surface area (Å²) < 4.78 is 29.8. The van der Waals surface area contributed by atoms with Gasteiger partial charge >= 0.3 is 6.61 Å². The maximum Gasteiger partial charge on any atom is 0.387 e. The van der Waals surface area contributed by atoms with Crippen molar-refractivity contribution in [2.75, 3.05) is 20.6 Å². The Kier molecular flexibility index (Phi) is 6.53. The molecule has 28 heavy (non-hydrogen) atoms. The Hall–Kier alpha value is -2.58. The fourth-order valence-electron chi connectivity index (χ4n) is 2.77. The van der Waals surface area contributed by atoms with E-state index in [4.69, 9.17) is 0 Å². The van der Waals surface area contributed by atoms with Gasteiger partial charge in [0.1, 0.15) is 10.8 Å². The fraction of sp³-hybridized carbons (Fsp3) is 0.300. The van der Waals surface area contributed by atoms with Gasteiger partial charge in [-0.1, -0.05) is 24.3 Å². The minimum Gasteiger partial charge on any atom is -0.435 e. The van der Waals surface area contributed by atoms with E-state index in [0.717, 1.165) is 20.8 Å². The van der Waals surface area contributed by atoms with E-state index in [1.807, 2.05) is 36.2 Å². The molecule has 8 heteroatoms. The number of benzene rings is 2. The molecular weight excluding hydrogens is 384 g/mol. The number of fused-ring (bicyclic) bond motifs is 1. The zero-order chi connectivity index (χ0) is 20.1. The Balaban J connectivity index is 1.51. The van der Waals surface area contributed by atoms with E-state index in [2.05, 4.69) is 9.72 Å². The van der Waals surface area contributed by atoms with Crippen molar-refractivity contribution < 1.29 is 18.3 Å². The normalized spacial score (nSPS) is 11.4. The number of thiazole rings is 1. The third-order valence-corrected chi connectivity index (χ3v) is 5.16. The lowest BCUT2D eigenvalue weighted by molar-refractivity contribution is -0.131. The highest BCUT2D eigenvalue weighted by molar-refractivity contribution is 7.18. The number of nitrogens with zero attached hydrogens (tertiary/aromatic N) is 3. The highest BCUT2D eigenvalue weighted by Crippen LogP contribution is 2.22. The van der Waals surface area contributed by atoms with Gasteiger partial charge in [-0.25, -0.2) is 4.98 Å². The van der Waals surface area contributed by atoms with Crippen LogP contribution in [0.3, 0.4) is 0 Å². The second kappa shape index (κ2) is 9.07. The monoisotopic (exact) mass is 405 g/mol. The predicted molar refractivity (Wildman–Crippen MR) is 106 cm³/mol. The minimum atomic E-state index is -2.84. The topological polar surface area (TPSA) is 45.7 Å². The molecule has 3 aromatic rings.